The number of nitrogens with zero attached hydrogens (tertiary/aromatic N) is 9. The second-order valence-electron chi connectivity index (χ2n) is 20.7. The fraction of sp³-hybridized carbons (Fsp3) is 0.704. The maximum atomic E-state index is 12.3. The molecule has 4 rings (SSSR count). The molecule has 2 fully saturated rings. The molecule has 0 bridgehead atoms. The van der Waals surface area contributed by atoms with Crippen LogP contribution in [0.5, 0.6) is 0 Å². The Bertz CT molecular complexity index is 2220. The highest BCUT2D eigenvalue weighted by Gasteiger charge is 2.28. The molecule has 2 aliphatic heterocycles. The van der Waals surface area contributed by atoms with E-state index in [1.807, 2.05) is 34.1 Å². The quantitative estimate of drug-likeness (QED) is 0.0444. The summed E-state index contributed by atoms with van der Waals surface area (Å²) in [6.45, 7) is 15.2. The topological polar surface area (TPSA) is 339 Å². The lowest BCUT2D eigenvalue weighted by atomic mass is 10.0. The van der Waals surface area contributed by atoms with Crippen molar-refractivity contribution < 1.29 is 59.1 Å². The number of carbonyl (C=O) groups is 7. The van der Waals surface area contributed by atoms with E-state index in [1.165, 1.54) is 0 Å². The minimum atomic E-state index is -1.48. The normalized spacial score (nSPS) is 17.3. The van der Waals surface area contributed by atoms with E-state index >= 15 is 0 Å². The fourth-order valence-corrected chi connectivity index (χ4v) is 9.87. The molecule has 3 heterocycles. The first-order valence-corrected chi connectivity index (χ1v) is 28.6. The van der Waals surface area contributed by atoms with Gasteiger partial charge in [0, 0.05) is 110 Å². The minimum Gasteiger partial charge on any atom is -0.481 e. The van der Waals surface area contributed by atoms with Gasteiger partial charge in [-0.2, -0.15) is 15.0 Å². The van der Waals surface area contributed by atoms with Crippen molar-refractivity contribution in [1.29, 1.82) is 0 Å². The van der Waals surface area contributed by atoms with Crippen LogP contribution in [0, 0.1) is 0 Å². The molecule has 0 radical (unpaired) electrons. The van der Waals surface area contributed by atoms with Crippen LogP contribution in [0.2, 0.25) is 0 Å². The molecule has 1 unspecified atom stereocenters. The summed E-state index contributed by atoms with van der Waals surface area (Å²) in [5.74, 6) is -4.39. The Morgan fingerprint density at radius 1 is 0.575 bits per heavy atom. The molecular formula is C54H90N14O12. The van der Waals surface area contributed by atoms with E-state index < -0.39 is 54.4 Å². The van der Waals surface area contributed by atoms with Gasteiger partial charge < -0.3 is 66.8 Å². The third-order valence-corrected chi connectivity index (χ3v) is 14.7. The number of nitrogens with one attached hydrogen (secondary N) is 5. The molecule has 0 saturated carbocycles. The van der Waals surface area contributed by atoms with E-state index in [2.05, 4.69) is 70.0 Å². The van der Waals surface area contributed by atoms with Crippen molar-refractivity contribution in [2.75, 3.05) is 134 Å². The second-order valence-corrected chi connectivity index (χ2v) is 20.7. The number of carboxylic acids is 5. The molecular weight excluding hydrogens is 1040 g/mol. The van der Waals surface area contributed by atoms with E-state index in [0.29, 0.717) is 76.3 Å². The van der Waals surface area contributed by atoms with Gasteiger partial charge in [0.05, 0.1) is 13.1 Å². The number of benzene rings is 1. The molecule has 2 aromatic rings. The number of aliphatic carboxylic acids is 5. The summed E-state index contributed by atoms with van der Waals surface area (Å²) in [5, 5.41) is 60.9. The number of carbonyl (C=O) groups excluding carboxylic acids is 2. The molecule has 448 valence electrons. The summed E-state index contributed by atoms with van der Waals surface area (Å²) >= 11 is 0. The number of unbranched alkanes of at least 4 members (excludes halogenated alkanes) is 8. The molecule has 80 heavy (non-hydrogen) atoms. The Morgan fingerprint density at radius 2 is 1.12 bits per heavy atom. The van der Waals surface area contributed by atoms with Gasteiger partial charge in [0.2, 0.25) is 23.8 Å². The average molecular weight is 1130 g/mol. The first kappa shape index (κ1) is 66.0. The lowest BCUT2D eigenvalue weighted by molar-refractivity contribution is -0.141. The van der Waals surface area contributed by atoms with Crippen LogP contribution in [0.15, 0.2) is 24.3 Å². The van der Waals surface area contributed by atoms with Gasteiger partial charge in [0.1, 0.15) is 12.1 Å². The third-order valence-electron chi connectivity index (χ3n) is 14.7. The van der Waals surface area contributed by atoms with Gasteiger partial charge in [-0.25, -0.2) is 14.4 Å². The van der Waals surface area contributed by atoms with Crippen molar-refractivity contribution >= 4 is 65.3 Å². The van der Waals surface area contributed by atoms with Crippen LogP contribution in [0.25, 0.3) is 0 Å². The Kier molecular flexibility index (Phi) is 30.3. The molecule has 0 spiro atoms. The lowest BCUT2D eigenvalue weighted by Crippen LogP contribution is -2.52. The number of rotatable bonds is 35. The molecule has 26 nitrogen and oxygen atoms in total. The zero-order valence-corrected chi connectivity index (χ0v) is 47.3. The van der Waals surface area contributed by atoms with Crippen LogP contribution in [0.4, 0.5) is 28.3 Å². The van der Waals surface area contributed by atoms with Gasteiger partial charge >= 0.3 is 35.9 Å². The number of piperazine rings is 1. The zero-order chi connectivity index (χ0) is 58.2. The highest BCUT2D eigenvalue weighted by atomic mass is 16.4. The summed E-state index contributed by atoms with van der Waals surface area (Å²) in [7, 11) is 1.77. The average Bonchev–Trinajstić information content (AvgIpc) is 3.42. The second kappa shape index (κ2) is 36.7. The monoisotopic (exact) mass is 1130 g/mol. The standard InChI is InChI=1S/C54H90N14O12/c1-4-63-26-27-64(5-2)30-35-68(39-48(74)75)42(37-66(29-28-63)38-47(72)73)36-40-18-20-41(21-19-40)57-52-60-51(55-3)61-53(62-52)67-33-31-65(32-34-67)25-15-11-9-7-6-8-10-12-17-45(69)56-24-14-13-16-43(49(76)77)58-54(80)59-44(50(78)79)22-23-46(70)71/h18-21,42-44H,4-17,22-39H2,1-3H3,(H,56,69)(H,70,71)(H,72,73)(H,74,75)(H,76,77)(H,78,79)(H2,58,59,80)(H2,55,57,60,61,62)/t42?,43-,44-/m0/s1. The molecule has 2 aliphatic rings. The van der Waals surface area contributed by atoms with Crippen molar-refractivity contribution in [1.82, 2.24) is 55.4 Å². The van der Waals surface area contributed by atoms with Crippen LogP contribution < -0.4 is 31.5 Å². The van der Waals surface area contributed by atoms with E-state index in [9.17, 15) is 54.0 Å². The van der Waals surface area contributed by atoms with Gasteiger partial charge in [0.25, 0.3) is 0 Å². The first-order chi connectivity index (χ1) is 38.4. The SMILES string of the molecule is CCN1CCN(CC)CCN(CC(=O)O)C(Cc2ccc(Nc3nc(NC)nc(N4CCN(CCCCCCCCCCC(=O)NCCCC[C@H](NC(=O)N[C@@H](CCC(=O)O)C(=O)O)C(=O)O)CC4)n3)cc2)CN(CC(=O)O)CC1. The number of amides is 3. The molecule has 10 N–H and O–H groups in total. The molecule has 26 heteroatoms. The predicted molar refractivity (Wildman–Crippen MR) is 303 cm³/mol. The van der Waals surface area contributed by atoms with Gasteiger partial charge in [0.15, 0.2) is 0 Å². The molecule has 2 saturated heterocycles. The summed E-state index contributed by atoms with van der Waals surface area (Å²) in [4.78, 5) is 110. The van der Waals surface area contributed by atoms with Gasteiger partial charge in [-0.05, 0) is 82.3 Å². The fourth-order valence-electron chi connectivity index (χ4n) is 9.87. The van der Waals surface area contributed by atoms with Crippen LogP contribution in [0.3, 0.4) is 0 Å². The summed E-state index contributed by atoms with van der Waals surface area (Å²) < 4.78 is 0. The van der Waals surface area contributed by atoms with E-state index in [4.69, 9.17) is 10.1 Å². The third kappa shape index (κ3) is 26.2. The van der Waals surface area contributed by atoms with E-state index in [1.54, 1.807) is 7.05 Å². The number of carboxylic acid groups (broad SMARTS) is 5. The van der Waals surface area contributed by atoms with Crippen LogP contribution in [-0.4, -0.2) is 243 Å². The lowest BCUT2D eigenvalue weighted by Gasteiger charge is -2.37. The van der Waals surface area contributed by atoms with Crippen LogP contribution >= 0.6 is 0 Å². The number of anilines is 4. The minimum absolute atomic E-state index is 0.0627. The summed E-state index contributed by atoms with van der Waals surface area (Å²) in [5.41, 5.74) is 1.78. The van der Waals surface area contributed by atoms with E-state index in [0.717, 1.165) is 128 Å². The number of urea groups is 1. The molecule has 3 atom stereocenters. The van der Waals surface area contributed by atoms with Crippen molar-refractivity contribution in [2.24, 2.45) is 0 Å². The number of likely N-dealkylation sites (N-methyl/N-ethyl adjacent to an activating group) is 2. The van der Waals surface area contributed by atoms with Crippen molar-refractivity contribution in [2.45, 2.75) is 128 Å². The summed E-state index contributed by atoms with van der Waals surface area (Å²) in [6.07, 6.45) is 9.55. The number of hydrogen-bond donors (Lipinski definition) is 10. The predicted octanol–water partition coefficient (Wildman–Crippen LogP) is 2.99. The van der Waals surface area contributed by atoms with Crippen molar-refractivity contribution in [3.8, 4) is 0 Å². The van der Waals surface area contributed by atoms with Gasteiger partial charge in [-0.3, -0.25) is 33.9 Å². The van der Waals surface area contributed by atoms with Crippen molar-refractivity contribution in [3.63, 3.8) is 0 Å². The largest absolute Gasteiger partial charge is 0.481 e. The maximum Gasteiger partial charge on any atom is 0.326 e. The number of aromatic nitrogens is 3. The number of hydrogen-bond acceptors (Lipinski definition) is 18. The Balaban J connectivity index is 1.12. The van der Waals surface area contributed by atoms with Gasteiger partial charge in [-0.15, -0.1) is 0 Å². The Morgan fingerprint density at radius 3 is 1.70 bits per heavy atom. The van der Waals surface area contributed by atoms with E-state index in [-0.39, 0.29) is 37.9 Å². The smallest absolute Gasteiger partial charge is 0.326 e. The molecule has 1 aromatic carbocycles. The highest BCUT2D eigenvalue weighted by molar-refractivity contribution is 5.86. The molecule has 0 aliphatic carbocycles. The van der Waals surface area contributed by atoms with Gasteiger partial charge in [-0.1, -0.05) is 64.5 Å². The van der Waals surface area contributed by atoms with Crippen molar-refractivity contribution in [3.05, 3.63) is 29.8 Å². The summed E-state index contributed by atoms with van der Waals surface area (Å²) in [6, 6.07) is 3.93. The first-order valence-electron chi connectivity index (χ1n) is 28.6. The highest BCUT2D eigenvalue weighted by Crippen LogP contribution is 2.22. The molecule has 1 aromatic heterocycles. The Hall–Kier alpha value is -6.48. The van der Waals surface area contributed by atoms with Crippen LogP contribution in [-0.2, 0) is 35.2 Å². The molecule has 3 amide bonds. The zero-order valence-electron chi connectivity index (χ0n) is 47.3. The van der Waals surface area contributed by atoms with Crippen LogP contribution in [0.1, 0.15) is 109 Å². The Labute approximate surface area is 470 Å². The maximum absolute atomic E-state index is 12.3.